The molecule has 0 saturated carbocycles. The summed E-state index contributed by atoms with van der Waals surface area (Å²) in [7, 11) is 2.77. The molecule has 10 heteroatoms. The van der Waals surface area contributed by atoms with Crippen LogP contribution in [0.1, 0.15) is 17.9 Å². The van der Waals surface area contributed by atoms with Gasteiger partial charge in [0.15, 0.2) is 12.4 Å². The number of methoxy groups -OCH3 is 2. The van der Waals surface area contributed by atoms with Gasteiger partial charge in [0.05, 0.1) is 19.9 Å². The minimum Gasteiger partial charge on any atom is -0.467 e. The molecule has 0 radical (unpaired) electrons. The molecule has 2 fully saturated rings. The lowest BCUT2D eigenvalue weighted by molar-refractivity contribution is -0.316. The molecule has 3 aromatic rings. The number of benzene rings is 2. The van der Waals surface area contributed by atoms with E-state index >= 15 is 0 Å². The minimum atomic E-state index is -1.02. The molecule has 0 bridgehead atoms. The topological polar surface area (TPSA) is 93.9 Å². The molecule has 2 saturated heterocycles. The molecule has 178 valence electrons. The quantitative estimate of drug-likeness (QED) is 0.527. The maximum Gasteiger partial charge on any atom is 0.337 e. The van der Waals surface area contributed by atoms with Crippen LogP contribution in [0.3, 0.4) is 0 Å². The Hall–Kier alpha value is -3.18. The fourth-order valence-corrected chi connectivity index (χ4v) is 4.45. The number of aromatic nitrogens is 3. The lowest BCUT2D eigenvalue weighted by Gasteiger charge is -2.48. The van der Waals surface area contributed by atoms with E-state index in [0.717, 1.165) is 5.56 Å². The van der Waals surface area contributed by atoms with Crippen molar-refractivity contribution >= 4 is 5.97 Å². The van der Waals surface area contributed by atoms with Crippen molar-refractivity contribution in [1.82, 2.24) is 15.0 Å². The van der Waals surface area contributed by atoms with Gasteiger partial charge in [0.2, 0.25) is 0 Å². The summed E-state index contributed by atoms with van der Waals surface area (Å²) in [6.07, 6.45) is -1.92. The number of fused-ring (bicyclic) bond motifs is 1. The first kappa shape index (κ1) is 22.6. The number of nitrogens with zero attached hydrogens (tertiary/aromatic N) is 3. The van der Waals surface area contributed by atoms with Crippen molar-refractivity contribution in [2.75, 3.05) is 20.8 Å². The van der Waals surface area contributed by atoms with Crippen molar-refractivity contribution < 1.29 is 32.9 Å². The minimum absolute atomic E-state index is 0.191. The van der Waals surface area contributed by atoms with Gasteiger partial charge in [0.25, 0.3) is 0 Å². The van der Waals surface area contributed by atoms with Crippen molar-refractivity contribution in [2.24, 2.45) is 0 Å². The molecule has 2 aliphatic heterocycles. The number of carbonyl (C=O) groups excluding carboxylic acids is 1. The average molecular weight is 469 g/mol. The van der Waals surface area contributed by atoms with Crippen molar-refractivity contribution in [1.29, 1.82) is 0 Å². The molecule has 2 aliphatic rings. The van der Waals surface area contributed by atoms with Crippen LogP contribution in [-0.4, -0.2) is 66.2 Å². The van der Waals surface area contributed by atoms with Gasteiger partial charge in [-0.15, -0.1) is 5.10 Å². The summed E-state index contributed by atoms with van der Waals surface area (Å²) in [4.78, 5) is 12.5. The van der Waals surface area contributed by atoms with Gasteiger partial charge in [0.1, 0.15) is 35.9 Å². The van der Waals surface area contributed by atoms with Crippen molar-refractivity contribution in [3.8, 4) is 11.3 Å². The molecule has 2 aromatic carbocycles. The largest absolute Gasteiger partial charge is 0.467 e. The molecular weight excluding hydrogens is 445 g/mol. The number of hydrogen-bond donors (Lipinski definition) is 0. The summed E-state index contributed by atoms with van der Waals surface area (Å²) in [6.45, 7) is 0.191. The number of hydrogen-bond acceptors (Lipinski definition) is 8. The van der Waals surface area contributed by atoms with Gasteiger partial charge in [0, 0.05) is 18.2 Å². The first-order valence-corrected chi connectivity index (χ1v) is 10.8. The van der Waals surface area contributed by atoms with Crippen LogP contribution in [0.15, 0.2) is 60.8 Å². The lowest BCUT2D eigenvalue weighted by Crippen LogP contribution is -2.61. The summed E-state index contributed by atoms with van der Waals surface area (Å²) < 4.78 is 44.3. The van der Waals surface area contributed by atoms with Gasteiger partial charge >= 0.3 is 5.97 Å². The third-order valence-corrected chi connectivity index (χ3v) is 6.07. The standard InChI is InChI=1S/C24H24FN3O6/c1-30-21-19(28-12-17(26-27-28)15-9-6-10-16(25)11-15)20-18(33-22(21)23(29)31-2)13-32-24(34-20)14-7-4-3-5-8-14/h3-12,18-22,24H,13H2,1-2H3/t18-,19+,20+,21-,22-,24+/m1/s1. The molecule has 9 nitrogen and oxygen atoms in total. The van der Waals surface area contributed by atoms with Crippen LogP contribution in [0.4, 0.5) is 4.39 Å². The number of rotatable bonds is 5. The van der Waals surface area contributed by atoms with Gasteiger partial charge in [-0.1, -0.05) is 47.7 Å². The van der Waals surface area contributed by atoms with E-state index < -0.39 is 42.7 Å². The Morgan fingerprint density at radius 3 is 2.68 bits per heavy atom. The number of esters is 1. The molecule has 6 atom stereocenters. The number of ether oxygens (including phenoxy) is 5. The van der Waals surface area contributed by atoms with Gasteiger partial charge in [-0.25, -0.2) is 13.9 Å². The molecule has 0 unspecified atom stereocenters. The summed E-state index contributed by atoms with van der Waals surface area (Å²) in [5.41, 5.74) is 1.89. The molecule has 1 aromatic heterocycles. The van der Waals surface area contributed by atoms with Crippen LogP contribution in [0, 0.1) is 5.82 Å². The molecule has 0 N–H and O–H groups in total. The average Bonchev–Trinajstić information content (AvgIpc) is 3.37. The third-order valence-electron chi connectivity index (χ3n) is 6.07. The first-order chi connectivity index (χ1) is 16.6. The Labute approximate surface area is 195 Å². The van der Waals surface area contributed by atoms with Gasteiger partial charge in [-0.3, -0.25) is 0 Å². The Balaban J connectivity index is 1.52. The maximum atomic E-state index is 13.8. The van der Waals surface area contributed by atoms with Crippen LogP contribution in [0.2, 0.25) is 0 Å². The van der Waals surface area contributed by atoms with Crippen molar-refractivity contribution in [3.63, 3.8) is 0 Å². The zero-order valence-electron chi connectivity index (χ0n) is 18.6. The monoisotopic (exact) mass is 469 g/mol. The van der Waals surface area contributed by atoms with Crippen molar-refractivity contribution in [2.45, 2.75) is 36.7 Å². The SMILES string of the molecule is COC(=O)[C@@H]1O[C@@H]2CO[C@H](c3ccccc3)O[C@@H]2[C@H](n2cc(-c3cccc(F)c3)nn2)[C@H]1OC. The number of carbonyl (C=O) groups is 1. The van der Waals surface area contributed by atoms with E-state index in [0.29, 0.717) is 11.3 Å². The van der Waals surface area contributed by atoms with E-state index in [9.17, 15) is 9.18 Å². The fraction of sp³-hybridized carbons (Fsp3) is 0.375. The van der Waals surface area contributed by atoms with E-state index in [4.69, 9.17) is 23.7 Å². The predicted molar refractivity (Wildman–Crippen MR) is 116 cm³/mol. The smallest absolute Gasteiger partial charge is 0.337 e. The highest BCUT2D eigenvalue weighted by Gasteiger charge is 2.54. The van der Waals surface area contributed by atoms with E-state index in [1.807, 2.05) is 30.3 Å². The second-order valence-electron chi connectivity index (χ2n) is 8.08. The molecular formula is C24H24FN3O6. The van der Waals surface area contributed by atoms with Gasteiger partial charge < -0.3 is 23.7 Å². The second kappa shape index (κ2) is 9.59. The summed E-state index contributed by atoms with van der Waals surface area (Å²) in [5.74, 6) is -0.955. The Kier molecular flexibility index (Phi) is 6.38. The zero-order chi connectivity index (χ0) is 23.7. The van der Waals surface area contributed by atoms with E-state index in [1.54, 1.807) is 23.0 Å². The number of halogens is 1. The van der Waals surface area contributed by atoms with Crippen molar-refractivity contribution in [3.05, 3.63) is 72.2 Å². The maximum absolute atomic E-state index is 13.8. The molecule has 5 rings (SSSR count). The first-order valence-electron chi connectivity index (χ1n) is 10.8. The fourth-order valence-electron chi connectivity index (χ4n) is 4.45. The summed E-state index contributed by atoms with van der Waals surface area (Å²) >= 11 is 0. The normalized spacial score (nSPS) is 28.8. The van der Waals surface area contributed by atoms with Crippen LogP contribution in [0.5, 0.6) is 0 Å². The van der Waals surface area contributed by atoms with Crippen LogP contribution < -0.4 is 0 Å². The van der Waals surface area contributed by atoms with E-state index in [1.165, 1.54) is 26.4 Å². The van der Waals surface area contributed by atoms with Crippen LogP contribution in [-0.2, 0) is 28.5 Å². The highest BCUT2D eigenvalue weighted by Crippen LogP contribution is 2.40. The van der Waals surface area contributed by atoms with E-state index in [-0.39, 0.29) is 12.4 Å². The molecule has 0 aliphatic carbocycles. The third kappa shape index (κ3) is 4.21. The highest BCUT2D eigenvalue weighted by atomic mass is 19.1. The summed E-state index contributed by atoms with van der Waals surface area (Å²) in [6, 6.07) is 15.0. The second-order valence-corrected chi connectivity index (χ2v) is 8.08. The Morgan fingerprint density at radius 2 is 1.94 bits per heavy atom. The van der Waals surface area contributed by atoms with Gasteiger partial charge in [-0.05, 0) is 12.1 Å². The van der Waals surface area contributed by atoms with Crippen LogP contribution in [0.25, 0.3) is 11.3 Å². The zero-order valence-corrected chi connectivity index (χ0v) is 18.6. The Bertz CT molecular complexity index is 1140. The predicted octanol–water partition coefficient (Wildman–Crippen LogP) is 2.69. The lowest BCUT2D eigenvalue weighted by atomic mass is 9.91. The molecule has 34 heavy (non-hydrogen) atoms. The molecule has 0 amide bonds. The summed E-state index contributed by atoms with van der Waals surface area (Å²) in [5, 5.41) is 8.51. The van der Waals surface area contributed by atoms with E-state index in [2.05, 4.69) is 10.3 Å². The van der Waals surface area contributed by atoms with Crippen LogP contribution >= 0.6 is 0 Å². The molecule has 3 heterocycles. The Morgan fingerprint density at radius 1 is 1.12 bits per heavy atom. The highest BCUT2D eigenvalue weighted by molar-refractivity contribution is 5.75. The molecule has 0 spiro atoms. The van der Waals surface area contributed by atoms with Gasteiger partial charge in [-0.2, -0.15) is 0 Å².